The first-order valence-electron chi connectivity index (χ1n) is 10.3. The lowest BCUT2D eigenvalue weighted by Crippen LogP contribution is -2.41. The number of aromatic nitrogens is 1. The molecule has 1 saturated heterocycles. The van der Waals surface area contributed by atoms with Gasteiger partial charge in [0.1, 0.15) is 0 Å². The van der Waals surface area contributed by atoms with Gasteiger partial charge in [0.2, 0.25) is 5.91 Å². The summed E-state index contributed by atoms with van der Waals surface area (Å²) in [6.45, 7) is 2.92. The second-order valence-corrected chi connectivity index (χ2v) is 8.84. The Morgan fingerprint density at radius 3 is 2.45 bits per heavy atom. The van der Waals surface area contributed by atoms with E-state index in [1.807, 2.05) is 42.6 Å². The van der Waals surface area contributed by atoms with E-state index in [1.54, 1.807) is 17.0 Å². The molecule has 3 aromatic rings. The summed E-state index contributed by atoms with van der Waals surface area (Å²) in [7, 11) is 0. The molecule has 0 unspecified atom stereocenters. The van der Waals surface area contributed by atoms with Crippen LogP contribution in [0.4, 0.5) is 5.13 Å². The molecule has 6 nitrogen and oxygen atoms in total. The molecule has 1 aliphatic heterocycles. The number of carbonyl (C=O) groups is 3. The fourth-order valence-electron chi connectivity index (χ4n) is 4.31. The Balaban J connectivity index is 1.25. The van der Waals surface area contributed by atoms with Crippen molar-refractivity contribution in [3.63, 3.8) is 0 Å². The topological polar surface area (TPSA) is 79.4 Å². The zero-order chi connectivity index (χ0) is 21.5. The third-order valence-corrected chi connectivity index (χ3v) is 6.85. The fraction of sp³-hybridized carbons (Fsp3) is 0.250. The first kappa shape index (κ1) is 19.6. The van der Waals surface area contributed by atoms with E-state index in [-0.39, 0.29) is 23.5 Å². The Hall–Kier alpha value is -3.32. The average Bonchev–Trinajstić information content (AvgIpc) is 3.34. The van der Waals surface area contributed by atoms with Crippen molar-refractivity contribution in [2.24, 2.45) is 5.92 Å². The maximum atomic E-state index is 13.1. The number of carbonyl (C=O) groups excluding carboxylic acids is 3. The summed E-state index contributed by atoms with van der Waals surface area (Å²) in [5, 5.41) is 5.39. The standard InChI is InChI=1S/C24H21N3O3S/c1-14-13-31-24(25-14)26-22(29)15-8-10-27(11-9-15)23(30)16-6-7-18-17-4-2-3-5-19(17)21(28)20(18)12-16/h2-7,12-13,15H,8-11H2,1H3,(H,25,26,29). The molecule has 2 aromatic carbocycles. The molecule has 5 rings (SSSR count). The zero-order valence-electron chi connectivity index (χ0n) is 17.1. The molecular formula is C24H21N3O3S. The summed E-state index contributed by atoms with van der Waals surface area (Å²) in [4.78, 5) is 44.3. The van der Waals surface area contributed by atoms with Gasteiger partial charge < -0.3 is 10.2 Å². The number of anilines is 1. The smallest absolute Gasteiger partial charge is 0.253 e. The van der Waals surface area contributed by atoms with E-state index in [1.165, 1.54) is 11.3 Å². The number of rotatable bonds is 3. The van der Waals surface area contributed by atoms with Crippen LogP contribution in [0.1, 0.15) is 44.8 Å². The van der Waals surface area contributed by atoms with E-state index in [4.69, 9.17) is 0 Å². The minimum absolute atomic E-state index is 0.0342. The van der Waals surface area contributed by atoms with Crippen molar-refractivity contribution in [3.05, 3.63) is 70.2 Å². The molecule has 1 aliphatic carbocycles. The number of fused-ring (bicyclic) bond motifs is 3. The lowest BCUT2D eigenvalue weighted by Gasteiger charge is -2.31. The highest BCUT2D eigenvalue weighted by molar-refractivity contribution is 7.13. The minimum atomic E-state index is -0.135. The number of piperidine rings is 1. The van der Waals surface area contributed by atoms with Crippen molar-refractivity contribution < 1.29 is 14.4 Å². The number of likely N-dealkylation sites (tertiary alicyclic amines) is 1. The predicted octanol–water partition coefficient (Wildman–Crippen LogP) is 4.15. The molecule has 0 radical (unpaired) electrons. The quantitative estimate of drug-likeness (QED) is 0.528. The Morgan fingerprint density at radius 1 is 1.03 bits per heavy atom. The number of hydrogen-bond donors (Lipinski definition) is 1. The number of hydrogen-bond acceptors (Lipinski definition) is 5. The van der Waals surface area contributed by atoms with Gasteiger partial charge in [-0.2, -0.15) is 0 Å². The monoisotopic (exact) mass is 431 g/mol. The summed E-state index contributed by atoms with van der Waals surface area (Å²) in [5.41, 5.74) is 4.47. The SMILES string of the molecule is Cc1csc(NC(=O)C2CCN(C(=O)c3ccc4c(c3)C(=O)c3ccccc3-4)CC2)n1. The van der Waals surface area contributed by atoms with Crippen molar-refractivity contribution in [3.8, 4) is 11.1 Å². The average molecular weight is 432 g/mol. The lowest BCUT2D eigenvalue weighted by atomic mass is 9.95. The second kappa shape index (κ2) is 7.74. The highest BCUT2D eigenvalue weighted by Gasteiger charge is 2.30. The third-order valence-electron chi connectivity index (χ3n) is 5.98. The van der Waals surface area contributed by atoms with Crippen molar-refractivity contribution in [1.29, 1.82) is 0 Å². The van der Waals surface area contributed by atoms with E-state index in [9.17, 15) is 14.4 Å². The van der Waals surface area contributed by atoms with Crippen LogP contribution >= 0.6 is 11.3 Å². The van der Waals surface area contributed by atoms with Crippen molar-refractivity contribution in [1.82, 2.24) is 9.88 Å². The van der Waals surface area contributed by atoms with Gasteiger partial charge in [-0.05, 0) is 43.0 Å². The van der Waals surface area contributed by atoms with Gasteiger partial charge in [-0.1, -0.05) is 30.3 Å². The van der Waals surface area contributed by atoms with Crippen molar-refractivity contribution in [2.75, 3.05) is 18.4 Å². The van der Waals surface area contributed by atoms with Crippen LogP contribution in [-0.4, -0.2) is 40.6 Å². The van der Waals surface area contributed by atoms with Crippen molar-refractivity contribution >= 4 is 34.1 Å². The van der Waals surface area contributed by atoms with Crippen LogP contribution in [0.15, 0.2) is 47.8 Å². The molecule has 2 heterocycles. The van der Waals surface area contributed by atoms with Gasteiger partial charge in [-0.15, -0.1) is 11.3 Å². The van der Waals surface area contributed by atoms with E-state index in [0.717, 1.165) is 16.8 Å². The summed E-state index contributed by atoms with van der Waals surface area (Å²) >= 11 is 1.41. The number of nitrogens with zero attached hydrogens (tertiary/aromatic N) is 2. The van der Waals surface area contributed by atoms with Crippen LogP contribution in [0.5, 0.6) is 0 Å². The van der Waals surface area contributed by atoms with Gasteiger partial charge in [0.15, 0.2) is 10.9 Å². The summed E-state index contributed by atoms with van der Waals surface area (Å²) < 4.78 is 0. The molecule has 1 aromatic heterocycles. The van der Waals surface area contributed by atoms with Gasteiger partial charge in [-0.3, -0.25) is 14.4 Å². The molecule has 31 heavy (non-hydrogen) atoms. The number of benzene rings is 2. The van der Waals surface area contributed by atoms with E-state index < -0.39 is 0 Å². The Morgan fingerprint density at radius 2 is 1.74 bits per heavy atom. The van der Waals surface area contributed by atoms with E-state index in [2.05, 4.69) is 10.3 Å². The van der Waals surface area contributed by atoms with Gasteiger partial charge in [-0.25, -0.2) is 4.98 Å². The molecule has 0 atom stereocenters. The molecule has 1 N–H and O–H groups in total. The van der Waals surface area contributed by atoms with Crippen LogP contribution in [-0.2, 0) is 4.79 Å². The molecule has 0 bridgehead atoms. The number of thiazole rings is 1. The Bertz CT molecular complexity index is 1210. The second-order valence-electron chi connectivity index (χ2n) is 7.98. The highest BCUT2D eigenvalue weighted by Crippen LogP contribution is 2.37. The molecule has 7 heteroatoms. The maximum Gasteiger partial charge on any atom is 0.253 e. The zero-order valence-corrected chi connectivity index (χ0v) is 17.9. The third kappa shape index (κ3) is 3.55. The number of ketones is 1. The van der Waals surface area contributed by atoms with Gasteiger partial charge in [0, 0.05) is 41.1 Å². The molecular weight excluding hydrogens is 410 g/mol. The fourth-order valence-corrected chi connectivity index (χ4v) is 5.00. The molecule has 0 spiro atoms. The lowest BCUT2D eigenvalue weighted by molar-refractivity contribution is -0.121. The number of aryl methyl sites for hydroxylation is 1. The van der Waals surface area contributed by atoms with Crippen LogP contribution in [0, 0.1) is 12.8 Å². The normalized spacial score (nSPS) is 15.5. The summed E-state index contributed by atoms with van der Waals surface area (Å²) in [5.74, 6) is -0.305. The first-order chi connectivity index (χ1) is 15.0. The van der Waals surface area contributed by atoms with Crippen LogP contribution in [0.25, 0.3) is 11.1 Å². The molecule has 0 saturated carbocycles. The Kier molecular flexibility index (Phi) is 4.90. The molecule has 2 amide bonds. The minimum Gasteiger partial charge on any atom is -0.339 e. The summed E-state index contributed by atoms with van der Waals surface area (Å²) in [6.07, 6.45) is 1.22. The van der Waals surface area contributed by atoms with Crippen molar-refractivity contribution in [2.45, 2.75) is 19.8 Å². The summed E-state index contributed by atoms with van der Waals surface area (Å²) in [6, 6.07) is 12.9. The molecule has 2 aliphatic rings. The van der Waals surface area contributed by atoms with Crippen LogP contribution in [0.3, 0.4) is 0 Å². The Labute approximate surface area is 183 Å². The van der Waals surface area contributed by atoms with Gasteiger partial charge in [0.25, 0.3) is 5.91 Å². The molecule has 156 valence electrons. The van der Waals surface area contributed by atoms with Gasteiger partial charge in [0.05, 0.1) is 5.69 Å². The van der Waals surface area contributed by atoms with E-state index in [0.29, 0.717) is 47.8 Å². The highest BCUT2D eigenvalue weighted by atomic mass is 32.1. The van der Waals surface area contributed by atoms with E-state index >= 15 is 0 Å². The number of nitrogens with one attached hydrogen (secondary N) is 1. The number of amides is 2. The predicted molar refractivity (Wildman–Crippen MR) is 119 cm³/mol. The van der Waals surface area contributed by atoms with Crippen LogP contribution < -0.4 is 5.32 Å². The largest absolute Gasteiger partial charge is 0.339 e. The van der Waals surface area contributed by atoms with Gasteiger partial charge >= 0.3 is 0 Å². The first-order valence-corrected chi connectivity index (χ1v) is 11.2. The van der Waals surface area contributed by atoms with Crippen LogP contribution in [0.2, 0.25) is 0 Å². The molecule has 1 fully saturated rings. The maximum absolute atomic E-state index is 13.1.